The lowest BCUT2D eigenvalue weighted by Gasteiger charge is -2.27. The number of hydrogen-bond donors (Lipinski definition) is 0. The first-order valence-electron chi connectivity index (χ1n) is 8.01. The van der Waals surface area contributed by atoms with Crippen LogP contribution in [0.25, 0.3) is 0 Å². The van der Waals surface area contributed by atoms with Crippen LogP contribution in [0.1, 0.15) is 12.0 Å². The predicted molar refractivity (Wildman–Crippen MR) is 91.2 cm³/mol. The lowest BCUT2D eigenvalue weighted by Crippen LogP contribution is -2.53. The van der Waals surface area contributed by atoms with Crippen LogP contribution in [0.2, 0.25) is 0 Å². The minimum atomic E-state index is -0.840. The molecule has 0 aromatic carbocycles. The largest absolute Gasteiger partial charge is 0.410 e. The molecule has 0 bridgehead atoms. The van der Waals surface area contributed by atoms with E-state index in [-0.39, 0.29) is 0 Å². The van der Waals surface area contributed by atoms with Gasteiger partial charge in [0.15, 0.2) is 12.8 Å². The number of nitrogens with zero attached hydrogens (tertiary/aromatic N) is 7. The van der Waals surface area contributed by atoms with Crippen LogP contribution in [0.3, 0.4) is 0 Å². The van der Waals surface area contributed by atoms with Crippen LogP contribution >= 0.6 is 0 Å². The molecule has 4 rings (SSSR count). The minimum Gasteiger partial charge on any atom is -0.365 e. The van der Waals surface area contributed by atoms with E-state index < -0.39 is 5.79 Å². The van der Waals surface area contributed by atoms with Crippen LogP contribution in [-0.4, -0.2) is 48.3 Å². The summed E-state index contributed by atoms with van der Waals surface area (Å²) in [5.74, 6) is -0.840. The Morgan fingerprint density at radius 1 is 1.04 bits per heavy atom. The highest BCUT2D eigenvalue weighted by atomic mass is 16.5. The summed E-state index contributed by atoms with van der Waals surface area (Å²) in [6, 6.07) is 7.62. The van der Waals surface area contributed by atoms with Gasteiger partial charge in [0.1, 0.15) is 0 Å². The van der Waals surface area contributed by atoms with Crippen molar-refractivity contribution in [3.63, 3.8) is 0 Å². The van der Waals surface area contributed by atoms with Crippen molar-refractivity contribution in [2.24, 2.45) is 5.10 Å². The molecule has 3 aromatic heterocycles. The van der Waals surface area contributed by atoms with Crippen LogP contribution in [0, 0.1) is 0 Å². The first-order chi connectivity index (χ1) is 12.4. The van der Waals surface area contributed by atoms with E-state index in [1.54, 1.807) is 24.8 Å². The Bertz CT molecular complexity index is 820. The fraction of sp³-hybridized carbons (Fsp3) is 0.235. The fourth-order valence-corrected chi connectivity index (χ4v) is 2.83. The lowest BCUT2D eigenvalue weighted by molar-refractivity contribution is -0.654. The maximum absolute atomic E-state index is 6.06. The zero-order valence-electron chi connectivity index (χ0n) is 13.6. The average molecular weight is 336 g/mol. The molecule has 0 aliphatic carbocycles. The molecule has 0 fully saturated rings. The van der Waals surface area contributed by atoms with E-state index in [9.17, 15) is 0 Å². The number of aromatic nitrogens is 5. The third kappa shape index (κ3) is 2.87. The maximum Gasteiger partial charge on any atom is 0.410 e. The summed E-state index contributed by atoms with van der Waals surface area (Å²) in [7, 11) is 0. The summed E-state index contributed by atoms with van der Waals surface area (Å²) in [6.45, 7) is 0.775. The van der Waals surface area contributed by atoms with Crippen LogP contribution in [0.5, 0.6) is 0 Å². The fourth-order valence-electron chi connectivity index (χ4n) is 2.83. The first-order valence-corrected chi connectivity index (χ1v) is 8.01. The molecule has 0 saturated heterocycles. The molecule has 8 heteroatoms. The second-order valence-electron chi connectivity index (χ2n) is 5.58. The van der Waals surface area contributed by atoms with Gasteiger partial charge < -0.3 is 4.74 Å². The van der Waals surface area contributed by atoms with Crippen LogP contribution < -0.4 is 0 Å². The lowest BCUT2D eigenvalue weighted by atomic mass is 10.3. The van der Waals surface area contributed by atoms with E-state index in [2.05, 4.69) is 20.3 Å². The molecule has 4 heterocycles. The molecule has 1 aliphatic rings. The zero-order valence-corrected chi connectivity index (χ0v) is 13.6. The van der Waals surface area contributed by atoms with Gasteiger partial charge >= 0.3 is 5.79 Å². The number of pyridine rings is 1. The summed E-state index contributed by atoms with van der Waals surface area (Å²) in [4.78, 5) is 4.03. The van der Waals surface area contributed by atoms with Gasteiger partial charge in [0.2, 0.25) is 0 Å². The quantitative estimate of drug-likeness (QED) is 0.610. The van der Waals surface area contributed by atoms with Crippen molar-refractivity contribution in [2.45, 2.75) is 18.8 Å². The topological polar surface area (TPSA) is 73.1 Å². The second kappa shape index (κ2) is 6.78. The Kier molecular flexibility index (Phi) is 4.17. The summed E-state index contributed by atoms with van der Waals surface area (Å²) < 4.78 is 11.5. The van der Waals surface area contributed by atoms with Crippen molar-refractivity contribution < 1.29 is 9.42 Å². The van der Waals surface area contributed by atoms with Gasteiger partial charge in [-0.25, -0.2) is 0 Å². The number of hydrazone groups is 1. The third-order valence-corrected chi connectivity index (χ3v) is 4.01. The molecule has 8 nitrogen and oxygen atoms in total. The summed E-state index contributed by atoms with van der Waals surface area (Å²) >= 11 is 0. The van der Waals surface area contributed by atoms with E-state index in [4.69, 9.17) is 4.74 Å². The van der Waals surface area contributed by atoms with Gasteiger partial charge in [-0.15, -0.1) is 0 Å². The van der Waals surface area contributed by atoms with Crippen molar-refractivity contribution in [3.8, 4) is 0 Å². The number of ether oxygens (including phenoxy) is 1. The Morgan fingerprint density at radius 2 is 1.76 bits per heavy atom. The highest BCUT2D eigenvalue weighted by molar-refractivity contribution is 5.78. The molecule has 0 atom stereocenters. The maximum atomic E-state index is 6.06. The first kappa shape index (κ1) is 15.4. The van der Waals surface area contributed by atoms with Gasteiger partial charge in [-0.1, -0.05) is 0 Å². The molecule has 0 spiro atoms. The predicted octanol–water partition coefficient (Wildman–Crippen LogP) is 1.32. The Hall–Kier alpha value is -3.13. The Morgan fingerprint density at radius 3 is 2.32 bits per heavy atom. The molecule has 0 N–H and O–H groups in total. The molecule has 0 radical (unpaired) electrons. The standard InChI is InChI=1S/C17H18N7O/c1-6-19-22(11-1)17(23-12-2-7-20-23,24-13-3-8-21-24)15-25-14-16-4-9-18-10-5-16/h1-2,4-13H,3,14-15H2/q+1. The molecule has 3 aromatic rings. The number of rotatable bonds is 7. The second-order valence-corrected chi connectivity index (χ2v) is 5.58. The van der Waals surface area contributed by atoms with Crippen molar-refractivity contribution >= 4 is 12.4 Å². The van der Waals surface area contributed by atoms with Gasteiger partial charge in [0.25, 0.3) is 0 Å². The van der Waals surface area contributed by atoms with E-state index in [0.29, 0.717) is 13.2 Å². The van der Waals surface area contributed by atoms with Crippen molar-refractivity contribution in [2.75, 3.05) is 6.61 Å². The van der Waals surface area contributed by atoms with Crippen molar-refractivity contribution in [1.82, 2.24) is 24.5 Å². The third-order valence-electron chi connectivity index (χ3n) is 4.01. The summed E-state index contributed by atoms with van der Waals surface area (Å²) in [5.41, 5.74) is 1.05. The molecular weight excluding hydrogens is 318 g/mol. The molecule has 25 heavy (non-hydrogen) atoms. The normalized spacial score (nSPS) is 14.0. The Labute approximate surface area is 144 Å². The van der Waals surface area contributed by atoms with Crippen molar-refractivity contribution in [3.05, 3.63) is 67.0 Å². The van der Waals surface area contributed by atoms with Crippen molar-refractivity contribution in [1.29, 1.82) is 0 Å². The zero-order chi connectivity index (χ0) is 17.0. The SMILES string of the molecule is C1=N[N+](C(COCc2ccncc2)(n2cccn2)n2cccn2)=CC1. The van der Waals surface area contributed by atoms with Gasteiger partial charge in [0.05, 0.1) is 19.2 Å². The summed E-state index contributed by atoms with van der Waals surface area (Å²) in [6.07, 6.45) is 15.4. The van der Waals surface area contributed by atoms with Crippen LogP contribution in [-0.2, 0) is 17.1 Å². The molecule has 0 amide bonds. The monoisotopic (exact) mass is 336 g/mol. The number of hydrogen-bond acceptors (Lipinski definition) is 5. The van der Waals surface area contributed by atoms with Gasteiger partial charge in [0, 0.05) is 37.2 Å². The van der Waals surface area contributed by atoms with Gasteiger partial charge in [-0.05, 0) is 39.6 Å². The highest BCUT2D eigenvalue weighted by Gasteiger charge is 2.49. The van der Waals surface area contributed by atoms with E-state index >= 15 is 0 Å². The van der Waals surface area contributed by atoms with Gasteiger partial charge in [-0.2, -0.15) is 19.6 Å². The van der Waals surface area contributed by atoms with E-state index in [1.165, 1.54) is 0 Å². The molecule has 0 unspecified atom stereocenters. The molecular formula is C17H18N7O+. The average Bonchev–Trinajstić information content (AvgIpc) is 3.44. The molecule has 126 valence electrons. The minimum absolute atomic E-state index is 0.312. The van der Waals surface area contributed by atoms with E-state index in [1.807, 2.05) is 63.1 Å². The van der Waals surface area contributed by atoms with E-state index in [0.717, 1.165) is 12.0 Å². The smallest absolute Gasteiger partial charge is 0.365 e. The Balaban J connectivity index is 1.69. The summed E-state index contributed by atoms with van der Waals surface area (Å²) in [5, 5.41) is 13.4. The highest BCUT2D eigenvalue weighted by Crippen LogP contribution is 2.22. The molecule has 0 saturated carbocycles. The van der Waals surface area contributed by atoms with Crippen LogP contribution in [0.15, 0.2) is 66.5 Å². The van der Waals surface area contributed by atoms with Crippen LogP contribution in [0.4, 0.5) is 0 Å². The molecule has 1 aliphatic heterocycles. The van der Waals surface area contributed by atoms with Gasteiger partial charge in [-0.3, -0.25) is 4.98 Å².